The number of rotatable bonds is 3. The molecule has 0 unspecified atom stereocenters. The molecule has 2 N–H and O–H groups in total. The first-order valence-electron chi connectivity index (χ1n) is 7.10. The molecule has 0 saturated heterocycles. The van der Waals surface area contributed by atoms with Gasteiger partial charge in [0.2, 0.25) is 0 Å². The summed E-state index contributed by atoms with van der Waals surface area (Å²) in [4.78, 5) is 12.4. The molecule has 1 aromatic heterocycles. The van der Waals surface area contributed by atoms with Crippen molar-refractivity contribution in [3.05, 3.63) is 17.0 Å². The van der Waals surface area contributed by atoms with Crippen LogP contribution >= 0.6 is 0 Å². The Morgan fingerprint density at radius 1 is 1.53 bits per heavy atom. The third-order valence-corrected chi connectivity index (χ3v) is 4.36. The van der Waals surface area contributed by atoms with E-state index in [1.54, 1.807) is 0 Å². The Morgan fingerprint density at radius 3 is 2.89 bits per heavy atom. The summed E-state index contributed by atoms with van der Waals surface area (Å²) in [6.07, 6.45) is 4.01. The number of amides is 1. The van der Waals surface area contributed by atoms with Gasteiger partial charge in [-0.25, -0.2) is 0 Å². The molecule has 1 aliphatic carbocycles. The number of carbonyl (C=O) groups excluding carboxylic acids is 1. The fourth-order valence-corrected chi connectivity index (χ4v) is 2.88. The van der Waals surface area contributed by atoms with E-state index >= 15 is 0 Å². The van der Waals surface area contributed by atoms with Gasteiger partial charge in [0.05, 0.1) is 17.9 Å². The molecule has 5 nitrogen and oxygen atoms in total. The van der Waals surface area contributed by atoms with Crippen molar-refractivity contribution in [2.45, 2.75) is 64.2 Å². The smallest absolute Gasteiger partial charge is 0.272 e. The number of H-pyrrole nitrogens is 1. The molecule has 1 fully saturated rings. The predicted octanol–water partition coefficient (Wildman–Crippen LogP) is 2.10. The summed E-state index contributed by atoms with van der Waals surface area (Å²) < 4.78 is 5.74. The van der Waals surface area contributed by atoms with E-state index in [1.165, 1.54) is 0 Å². The van der Waals surface area contributed by atoms with Crippen molar-refractivity contribution < 1.29 is 9.53 Å². The van der Waals surface area contributed by atoms with Crippen LogP contribution in [0.15, 0.2) is 0 Å². The van der Waals surface area contributed by atoms with Crippen LogP contribution < -0.4 is 5.32 Å². The van der Waals surface area contributed by atoms with E-state index in [2.05, 4.69) is 22.4 Å². The topological polar surface area (TPSA) is 67.0 Å². The van der Waals surface area contributed by atoms with E-state index in [-0.39, 0.29) is 23.7 Å². The van der Waals surface area contributed by atoms with Gasteiger partial charge in [0.15, 0.2) is 5.69 Å². The molecule has 104 valence electrons. The van der Waals surface area contributed by atoms with Crippen molar-refractivity contribution in [1.29, 1.82) is 0 Å². The highest BCUT2D eigenvalue weighted by molar-refractivity contribution is 5.94. The second-order valence-electron chi connectivity index (χ2n) is 5.85. The van der Waals surface area contributed by atoms with Gasteiger partial charge in [-0.05, 0) is 33.1 Å². The zero-order valence-electron chi connectivity index (χ0n) is 11.7. The van der Waals surface area contributed by atoms with Crippen molar-refractivity contribution in [2.75, 3.05) is 0 Å². The van der Waals surface area contributed by atoms with Crippen LogP contribution in [0.25, 0.3) is 0 Å². The number of hydrogen-bond acceptors (Lipinski definition) is 3. The van der Waals surface area contributed by atoms with E-state index in [4.69, 9.17) is 4.74 Å². The van der Waals surface area contributed by atoms with Crippen LogP contribution in [0, 0.1) is 0 Å². The van der Waals surface area contributed by atoms with E-state index in [0.717, 1.165) is 36.9 Å². The van der Waals surface area contributed by atoms with Crippen molar-refractivity contribution in [1.82, 2.24) is 15.5 Å². The lowest BCUT2D eigenvalue weighted by Gasteiger charge is -2.25. The minimum atomic E-state index is -0.0434. The molecule has 2 aliphatic rings. The molecule has 19 heavy (non-hydrogen) atoms. The Hall–Kier alpha value is -1.36. The number of aromatic amines is 1. The van der Waals surface area contributed by atoms with Crippen molar-refractivity contribution in [3.63, 3.8) is 0 Å². The molecule has 1 aromatic rings. The van der Waals surface area contributed by atoms with Gasteiger partial charge in [-0.2, -0.15) is 5.10 Å². The lowest BCUT2D eigenvalue weighted by molar-refractivity contribution is -0.00697. The van der Waals surface area contributed by atoms with E-state index in [0.29, 0.717) is 5.69 Å². The van der Waals surface area contributed by atoms with Crippen molar-refractivity contribution >= 4 is 5.91 Å². The van der Waals surface area contributed by atoms with Gasteiger partial charge in [0.1, 0.15) is 0 Å². The molecule has 3 rings (SSSR count). The number of hydrogen-bond donors (Lipinski definition) is 2. The maximum atomic E-state index is 12.4. The van der Waals surface area contributed by atoms with E-state index < -0.39 is 0 Å². The molecule has 2 heterocycles. The SMILES string of the molecule is CCC1(NC(=O)c2n[nH]c3c2C[C@H](C)O[C@@H]3C)CC1. The van der Waals surface area contributed by atoms with Crippen LogP contribution in [0.5, 0.6) is 0 Å². The van der Waals surface area contributed by atoms with Gasteiger partial charge in [0, 0.05) is 17.5 Å². The molecule has 0 bridgehead atoms. The molecule has 0 radical (unpaired) electrons. The number of nitrogens with one attached hydrogen (secondary N) is 2. The highest BCUT2D eigenvalue weighted by Crippen LogP contribution is 2.39. The maximum absolute atomic E-state index is 12.4. The fourth-order valence-electron chi connectivity index (χ4n) is 2.88. The monoisotopic (exact) mass is 263 g/mol. The Bertz CT molecular complexity index is 505. The lowest BCUT2D eigenvalue weighted by atomic mass is 9.99. The van der Waals surface area contributed by atoms with Crippen molar-refractivity contribution in [2.24, 2.45) is 0 Å². The number of nitrogens with zero attached hydrogens (tertiary/aromatic N) is 1. The summed E-state index contributed by atoms with van der Waals surface area (Å²) >= 11 is 0. The quantitative estimate of drug-likeness (QED) is 0.877. The van der Waals surface area contributed by atoms with Crippen LogP contribution in [0.3, 0.4) is 0 Å². The number of carbonyl (C=O) groups is 1. The second-order valence-corrected chi connectivity index (χ2v) is 5.85. The van der Waals surface area contributed by atoms with Crippen LogP contribution in [-0.4, -0.2) is 27.7 Å². The fraction of sp³-hybridized carbons (Fsp3) is 0.714. The van der Waals surface area contributed by atoms with Gasteiger partial charge in [-0.15, -0.1) is 0 Å². The zero-order chi connectivity index (χ0) is 13.6. The summed E-state index contributed by atoms with van der Waals surface area (Å²) in [5.41, 5.74) is 2.56. The minimum Gasteiger partial charge on any atom is -0.369 e. The molecule has 0 aromatic carbocycles. The van der Waals surface area contributed by atoms with Crippen molar-refractivity contribution in [3.8, 4) is 0 Å². The molecule has 2 atom stereocenters. The third-order valence-electron chi connectivity index (χ3n) is 4.36. The van der Waals surface area contributed by atoms with Crippen LogP contribution in [0.2, 0.25) is 0 Å². The largest absolute Gasteiger partial charge is 0.369 e. The first kappa shape index (κ1) is 12.7. The highest BCUT2D eigenvalue weighted by Gasteiger charge is 2.43. The van der Waals surface area contributed by atoms with E-state index in [9.17, 15) is 4.79 Å². The lowest BCUT2D eigenvalue weighted by Crippen LogP contribution is -2.37. The van der Waals surface area contributed by atoms with Gasteiger partial charge < -0.3 is 10.1 Å². The first-order chi connectivity index (χ1) is 9.04. The third kappa shape index (κ3) is 2.16. The molecular weight excluding hydrogens is 242 g/mol. The number of aromatic nitrogens is 2. The molecule has 1 aliphatic heterocycles. The van der Waals surface area contributed by atoms with Gasteiger partial charge in [0.25, 0.3) is 5.91 Å². The standard InChI is InChI=1S/C14H21N3O2/c1-4-14(5-6-14)15-13(18)12-10-7-8(2)19-9(3)11(10)16-17-12/h8-9H,4-7H2,1-3H3,(H,15,18)(H,16,17)/t8-,9+/m0/s1. The van der Waals surface area contributed by atoms with E-state index in [1.807, 2.05) is 13.8 Å². The average molecular weight is 263 g/mol. The van der Waals surface area contributed by atoms with Gasteiger partial charge in [-0.1, -0.05) is 6.92 Å². The molecule has 1 amide bonds. The summed E-state index contributed by atoms with van der Waals surface area (Å²) in [5, 5.41) is 10.3. The zero-order valence-corrected chi connectivity index (χ0v) is 11.7. The van der Waals surface area contributed by atoms with Crippen LogP contribution in [-0.2, 0) is 11.2 Å². The summed E-state index contributed by atoms with van der Waals surface area (Å²) in [7, 11) is 0. The Labute approximate surface area is 113 Å². The Balaban J connectivity index is 1.84. The summed E-state index contributed by atoms with van der Waals surface area (Å²) in [6, 6.07) is 0. The predicted molar refractivity (Wildman–Crippen MR) is 71.0 cm³/mol. The Morgan fingerprint density at radius 2 is 2.26 bits per heavy atom. The first-order valence-corrected chi connectivity index (χ1v) is 7.10. The maximum Gasteiger partial charge on any atom is 0.272 e. The summed E-state index contributed by atoms with van der Waals surface area (Å²) in [5.74, 6) is -0.0434. The second kappa shape index (κ2) is 4.34. The molecule has 0 spiro atoms. The minimum absolute atomic E-state index is 0.0196. The number of fused-ring (bicyclic) bond motifs is 1. The van der Waals surface area contributed by atoms with Crippen LogP contribution in [0.1, 0.15) is 67.9 Å². The molecule has 5 heteroatoms. The Kier molecular flexibility index (Phi) is 2.89. The molecular formula is C14H21N3O2. The summed E-state index contributed by atoms with van der Waals surface area (Å²) in [6.45, 7) is 6.14. The number of ether oxygens (including phenoxy) is 1. The van der Waals surface area contributed by atoms with Gasteiger partial charge >= 0.3 is 0 Å². The molecule has 1 saturated carbocycles. The highest BCUT2D eigenvalue weighted by atomic mass is 16.5. The van der Waals surface area contributed by atoms with Crippen LogP contribution in [0.4, 0.5) is 0 Å². The van der Waals surface area contributed by atoms with Gasteiger partial charge in [-0.3, -0.25) is 9.89 Å². The normalized spacial score (nSPS) is 27.7. The average Bonchev–Trinajstić information content (AvgIpc) is 2.99.